The molecule has 0 unspecified atom stereocenters. The van der Waals surface area contributed by atoms with Gasteiger partial charge in [0.25, 0.3) is 0 Å². The number of aromatic nitrogens is 2. The van der Waals surface area contributed by atoms with E-state index in [2.05, 4.69) is 4.98 Å². The number of rotatable bonds is 6. The summed E-state index contributed by atoms with van der Waals surface area (Å²) in [6, 6.07) is 4.82. The second-order valence-corrected chi connectivity index (χ2v) is 8.14. The van der Waals surface area contributed by atoms with Gasteiger partial charge in [-0.25, -0.2) is 4.79 Å². The molecule has 1 aromatic heterocycles. The molecule has 178 valence electrons. The number of aliphatic hydroxyl groups is 1. The van der Waals surface area contributed by atoms with Crippen LogP contribution in [0.5, 0.6) is 0 Å². The molecule has 1 aliphatic heterocycles. The number of benzene rings is 1. The summed E-state index contributed by atoms with van der Waals surface area (Å²) in [4.78, 5) is 27.4. The number of nitrogens with zero attached hydrogens (tertiary/aromatic N) is 4. The summed E-state index contributed by atoms with van der Waals surface area (Å²) in [5.74, 6) is -0.475. The molecule has 0 bridgehead atoms. The summed E-state index contributed by atoms with van der Waals surface area (Å²) >= 11 is 5.83. The van der Waals surface area contributed by atoms with Crippen molar-refractivity contribution >= 4 is 29.1 Å². The summed E-state index contributed by atoms with van der Waals surface area (Å²) in [7, 11) is 0. The molecule has 33 heavy (non-hydrogen) atoms. The lowest BCUT2D eigenvalue weighted by atomic mass is 9.98. The molecule has 2 aromatic rings. The first-order valence-electron chi connectivity index (χ1n) is 9.73. The van der Waals surface area contributed by atoms with Gasteiger partial charge < -0.3 is 24.9 Å². The van der Waals surface area contributed by atoms with Gasteiger partial charge in [0.1, 0.15) is 18.4 Å². The lowest BCUT2D eigenvalue weighted by Gasteiger charge is -2.28. The maximum atomic E-state index is 12.7. The molecule has 0 spiro atoms. The highest BCUT2D eigenvalue weighted by Gasteiger charge is 2.31. The monoisotopic (exact) mass is 488 g/mol. The third kappa shape index (κ3) is 6.23. The quantitative estimate of drug-likeness (QED) is 0.483. The molecular formula is C20H20ClF3N4O5. The highest BCUT2D eigenvalue weighted by Crippen LogP contribution is 2.31. The number of hydrogen-bond acceptors (Lipinski definition) is 6. The molecule has 0 saturated carbocycles. The van der Waals surface area contributed by atoms with Crippen molar-refractivity contribution in [2.24, 2.45) is 0 Å². The van der Waals surface area contributed by atoms with Crippen molar-refractivity contribution in [3.8, 4) is 0 Å². The van der Waals surface area contributed by atoms with Crippen LogP contribution in [-0.2, 0) is 17.5 Å². The Kier molecular flexibility index (Phi) is 6.98. The van der Waals surface area contributed by atoms with E-state index in [1.807, 2.05) is 0 Å². The molecule has 1 aromatic carbocycles. The Hall–Kier alpha value is -3.12. The predicted molar refractivity (Wildman–Crippen MR) is 111 cm³/mol. The first kappa shape index (κ1) is 24.5. The molecule has 2 heterocycles. The van der Waals surface area contributed by atoms with E-state index in [0.29, 0.717) is 12.0 Å². The zero-order chi connectivity index (χ0) is 24.4. The number of hydrogen-bond donors (Lipinski definition) is 1. The van der Waals surface area contributed by atoms with Gasteiger partial charge in [0.15, 0.2) is 0 Å². The predicted octanol–water partition coefficient (Wildman–Crippen LogP) is 4.14. The summed E-state index contributed by atoms with van der Waals surface area (Å²) in [6.45, 7) is 1.25. The van der Waals surface area contributed by atoms with E-state index in [9.17, 15) is 33.2 Å². The maximum Gasteiger partial charge on any atom is 0.416 e. The summed E-state index contributed by atoms with van der Waals surface area (Å²) in [5.41, 5.74) is -0.849. The fourth-order valence-electron chi connectivity index (χ4n) is 3.27. The number of carbonyl (C=O) groups is 1. The van der Waals surface area contributed by atoms with E-state index in [0.717, 1.165) is 23.9 Å². The molecule has 1 amide bonds. The first-order valence-corrected chi connectivity index (χ1v) is 10.1. The summed E-state index contributed by atoms with van der Waals surface area (Å²) < 4.78 is 44.5. The van der Waals surface area contributed by atoms with Crippen LogP contribution in [0, 0.1) is 10.1 Å². The standard InChI is InChI=1S/C20H20ClF3N4O5/c1-19(30,11-27-10-16(28(31)32)25-17(27)21)12-33-18(29)26-8-6-14(7-9-26)13-2-4-15(5-3-13)20(22,23)24/h2-6,10,30H,7-9,11-12H2,1H3/t19-/m1/s1. The van der Waals surface area contributed by atoms with Gasteiger partial charge >= 0.3 is 23.4 Å². The van der Waals surface area contributed by atoms with Crippen molar-refractivity contribution < 1.29 is 32.7 Å². The Bertz CT molecular complexity index is 1070. The van der Waals surface area contributed by atoms with E-state index < -0.39 is 40.8 Å². The minimum absolute atomic E-state index is 0.190. The molecular weight excluding hydrogens is 469 g/mol. The van der Waals surface area contributed by atoms with E-state index in [1.54, 1.807) is 6.08 Å². The highest BCUT2D eigenvalue weighted by atomic mass is 35.5. The normalized spacial score (nSPS) is 16.2. The SMILES string of the molecule is C[C@](O)(COC(=O)N1CC=C(c2ccc(C(F)(F)F)cc2)CC1)Cn1cc([N+](=O)[O-])nc1Cl. The lowest BCUT2D eigenvalue weighted by molar-refractivity contribution is -0.389. The highest BCUT2D eigenvalue weighted by molar-refractivity contribution is 6.28. The number of ether oxygens (including phenoxy) is 1. The van der Waals surface area contributed by atoms with Gasteiger partial charge in [-0.3, -0.25) is 4.57 Å². The molecule has 13 heteroatoms. The average Bonchev–Trinajstić information content (AvgIpc) is 3.11. The largest absolute Gasteiger partial charge is 0.446 e. The van der Waals surface area contributed by atoms with Crippen LogP contribution >= 0.6 is 11.6 Å². The number of alkyl halides is 3. The Morgan fingerprint density at radius 2 is 2.00 bits per heavy atom. The number of imidazole rings is 1. The number of nitro groups is 1. The van der Waals surface area contributed by atoms with Crippen LogP contribution in [0.1, 0.15) is 24.5 Å². The molecule has 0 fully saturated rings. The van der Waals surface area contributed by atoms with Crippen LogP contribution in [-0.4, -0.2) is 55.9 Å². The molecule has 1 atom stereocenters. The number of amides is 1. The molecule has 0 saturated heterocycles. The van der Waals surface area contributed by atoms with Crippen LogP contribution in [0.2, 0.25) is 5.28 Å². The van der Waals surface area contributed by atoms with Crippen LogP contribution < -0.4 is 0 Å². The number of carbonyl (C=O) groups excluding carboxylic acids is 1. The van der Waals surface area contributed by atoms with E-state index in [1.165, 1.54) is 28.5 Å². The third-order valence-corrected chi connectivity index (χ3v) is 5.27. The van der Waals surface area contributed by atoms with Gasteiger partial charge in [0, 0.05) is 13.1 Å². The van der Waals surface area contributed by atoms with Gasteiger partial charge in [-0.2, -0.15) is 13.2 Å². The zero-order valence-corrected chi connectivity index (χ0v) is 18.1. The molecule has 1 aliphatic rings. The minimum atomic E-state index is -4.40. The van der Waals surface area contributed by atoms with Crippen LogP contribution in [0.15, 0.2) is 36.5 Å². The van der Waals surface area contributed by atoms with Crippen molar-refractivity contribution in [2.45, 2.75) is 31.7 Å². The Morgan fingerprint density at radius 3 is 2.52 bits per heavy atom. The van der Waals surface area contributed by atoms with Crippen LogP contribution in [0.4, 0.5) is 23.8 Å². The molecule has 0 radical (unpaired) electrons. The van der Waals surface area contributed by atoms with Crippen molar-refractivity contribution in [1.82, 2.24) is 14.5 Å². The van der Waals surface area contributed by atoms with E-state index >= 15 is 0 Å². The average molecular weight is 489 g/mol. The van der Waals surface area contributed by atoms with Crippen molar-refractivity contribution in [2.75, 3.05) is 19.7 Å². The van der Waals surface area contributed by atoms with E-state index in [-0.39, 0.29) is 24.9 Å². The second kappa shape index (κ2) is 9.40. The van der Waals surface area contributed by atoms with Gasteiger partial charge in [-0.05, 0) is 58.1 Å². The van der Waals surface area contributed by atoms with Crippen molar-refractivity contribution in [3.63, 3.8) is 0 Å². The van der Waals surface area contributed by atoms with Crippen molar-refractivity contribution in [3.05, 3.63) is 63.1 Å². The molecule has 1 N–H and O–H groups in total. The second-order valence-electron chi connectivity index (χ2n) is 7.81. The zero-order valence-electron chi connectivity index (χ0n) is 17.4. The van der Waals surface area contributed by atoms with Gasteiger partial charge in [0.2, 0.25) is 0 Å². The van der Waals surface area contributed by atoms with Crippen molar-refractivity contribution in [1.29, 1.82) is 0 Å². The lowest BCUT2D eigenvalue weighted by Crippen LogP contribution is -2.41. The topological polar surface area (TPSA) is 111 Å². The summed E-state index contributed by atoms with van der Waals surface area (Å²) in [6.07, 6.45) is -1.86. The van der Waals surface area contributed by atoms with E-state index in [4.69, 9.17) is 16.3 Å². The van der Waals surface area contributed by atoms with Crippen LogP contribution in [0.25, 0.3) is 5.57 Å². The molecule has 9 nitrogen and oxygen atoms in total. The van der Waals surface area contributed by atoms with Gasteiger partial charge in [-0.15, -0.1) is 0 Å². The molecule has 3 rings (SSSR count). The minimum Gasteiger partial charge on any atom is -0.446 e. The fourth-order valence-corrected chi connectivity index (χ4v) is 3.47. The first-order chi connectivity index (χ1) is 15.4. The summed E-state index contributed by atoms with van der Waals surface area (Å²) in [5, 5.41) is 21.1. The number of halogens is 4. The smallest absolute Gasteiger partial charge is 0.416 e. The van der Waals surface area contributed by atoms with Crippen LogP contribution in [0.3, 0.4) is 0 Å². The third-order valence-electron chi connectivity index (χ3n) is 4.97. The maximum absolute atomic E-state index is 12.7. The Balaban J connectivity index is 1.54. The fraction of sp³-hybridized carbons (Fsp3) is 0.400. The Labute approximate surface area is 191 Å². The molecule has 0 aliphatic carbocycles. The van der Waals surface area contributed by atoms with Gasteiger partial charge in [0.05, 0.1) is 12.1 Å². The Morgan fingerprint density at radius 1 is 1.33 bits per heavy atom. The van der Waals surface area contributed by atoms with Gasteiger partial charge in [-0.1, -0.05) is 18.2 Å².